The van der Waals surface area contributed by atoms with Crippen molar-refractivity contribution in [3.05, 3.63) is 40.4 Å². The van der Waals surface area contributed by atoms with Crippen molar-refractivity contribution in [1.29, 1.82) is 0 Å². The molecule has 1 aromatic carbocycles. The predicted octanol–water partition coefficient (Wildman–Crippen LogP) is 3.73. The summed E-state index contributed by atoms with van der Waals surface area (Å²) in [5.74, 6) is -0.712. The zero-order chi connectivity index (χ0) is 11.4. The van der Waals surface area contributed by atoms with Crippen LogP contribution < -0.4 is 0 Å². The Morgan fingerprint density at radius 2 is 2.13 bits per heavy atom. The second-order valence-electron chi connectivity index (χ2n) is 2.77. The molecule has 0 amide bonds. The lowest BCUT2D eigenvalue weighted by Crippen LogP contribution is -2.00. The molecule has 0 aliphatic carbocycles. The Balaban J connectivity index is 2.69. The summed E-state index contributed by atoms with van der Waals surface area (Å²) in [6.07, 6.45) is 0. The molecule has 0 heterocycles. The molecule has 80 valence electrons. The number of thioether (sulfide) groups is 1. The van der Waals surface area contributed by atoms with Gasteiger partial charge in [0.25, 0.3) is 0 Å². The van der Waals surface area contributed by atoms with Crippen LogP contribution in [0.2, 0.25) is 10.0 Å². The second-order valence-corrected chi connectivity index (χ2v) is 4.63. The molecule has 0 unspecified atom stereocenters. The molecule has 0 fully saturated rings. The number of carboxylic acid groups (broad SMARTS) is 1. The molecule has 1 N–H and O–H groups in total. The molecule has 15 heavy (non-hydrogen) atoms. The fraction of sp³-hybridized carbons (Fsp3) is 0.100. The van der Waals surface area contributed by atoms with Crippen LogP contribution in [0.4, 0.5) is 0 Å². The van der Waals surface area contributed by atoms with E-state index in [9.17, 15) is 4.79 Å². The van der Waals surface area contributed by atoms with Gasteiger partial charge in [0.1, 0.15) is 0 Å². The third-order valence-corrected chi connectivity index (χ3v) is 3.42. The molecule has 0 atom stereocenters. The largest absolute Gasteiger partial charge is 0.478 e. The summed E-state index contributed by atoms with van der Waals surface area (Å²) in [6.45, 7) is 3.42. The molecular formula is C10H8Cl2O2S. The summed E-state index contributed by atoms with van der Waals surface area (Å²) >= 11 is 13.0. The van der Waals surface area contributed by atoms with Gasteiger partial charge in [0.15, 0.2) is 0 Å². The molecule has 0 aliphatic heterocycles. The zero-order valence-corrected chi connectivity index (χ0v) is 9.99. The number of hydrogen-bond acceptors (Lipinski definition) is 2. The van der Waals surface area contributed by atoms with Crippen LogP contribution in [0.25, 0.3) is 0 Å². The van der Waals surface area contributed by atoms with Crippen molar-refractivity contribution in [3.63, 3.8) is 0 Å². The van der Waals surface area contributed by atoms with E-state index in [0.717, 1.165) is 4.90 Å². The van der Waals surface area contributed by atoms with Crippen LogP contribution in [-0.4, -0.2) is 16.8 Å². The first-order chi connectivity index (χ1) is 7.00. The number of benzene rings is 1. The molecule has 1 rings (SSSR count). The Bertz CT molecular complexity index is 404. The monoisotopic (exact) mass is 262 g/mol. The summed E-state index contributed by atoms with van der Waals surface area (Å²) in [5, 5.41) is 9.74. The Labute approximate surface area is 102 Å². The lowest BCUT2D eigenvalue weighted by molar-refractivity contribution is -0.132. The quantitative estimate of drug-likeness (QED) is 0.664. The molecule has 0 aliphatic rings. The highest BCUT2D eigenvalue weighted by molar-refractivity contribution is 7.99. The van der Waals surface area contributed by atoms with E-state index >= 15 is 0 Å². The number of aliphatic carboxylic acids is 1. The minimum Gasteiger partial charge on any atom is -0.478 e. The number of carbonyl (C=O) groups is 1. The number of rotatable bonds is 4. The van der Waals surface area contributed by atoms with E-state index in [2.05, 4.69) is 6.58 Å². The first-order valence-electron chi connectivity index (χ1n) is 3.99. The van der Waals surface area contributed by atoms with E-state index < -0.39 is 5.97 Å². The van der Waals surface area contributed by atoms with E-state index in [1.807, 2.05) is 0 Å². The molecule has 0 saturated carbocycles. The molecule has 0 saturated heterocycles. The molecule has 5 heteroatoms. The van der Waals surface area contributed by atoms with Crippen LogP contribution in [0.1, 0.15) is 0 Å². The Morgan fingerprint density at radius 3 is 2.73 bits per heavy atom. The van der Waals surface area contributed by atoms with Gasteiger partial charge < -0.3 is 5.11 Å². The van der Waals surface area contributed by atoms with Gasteiger partial charge in [-0.1, -0.05) is 29.8 Å². The predicted molar refractivity (Wildman–Crippen MR) is 64.0 cm³/mol. The van der Waals surface area contributed by atoms with Gasteiger partial charge in [-0.25, -0.2) is 4.79 Å². The third kappa shape index (κ3) is 3.78. The number of hydrogen-bond donors (Lipinski definition) is 1. The highest BCUT2D eigenvalue weighted by Gasteiger charge is 2.07. The van der Waals surface area contributed by atoms with Gasteiger partial charge in [-0.2, -0.15) is 0 Å². The van der Waals surface area contributed by atoms with Gasteiger partial charge in [0.05, 0.1) is 5.02 Å². The summed E-state index contributed by atoms with van der Waals surface area (Å²) in [7, 11) is 0. The van der Waals surface area contributed by atoms with E-state index in [1.54, 1.807) is 18.2 Å². The standard InChI is InChI=1S/C10H8Cl2O2S/c1-6(10(13)14)5-15-9-4-7(11)2-3-8(9)12/h2-4H,1,5H2,(H,13,14). The number of carboxylic acids is 1. The summed E-state index contributed by atoms with van der Waals surface area (Å²) in [5.41, 5.74) is 0.135. The van der Waals surface area contributed by atoms with E-state index in [0.29, 0.717) is 10.0 Å². The minimum atomic E-state index is -0.999. The van der Waals surface area contributed by atoms with Crippen molar-refractivity contribution in [2.24, 2.45) is 0 Å². The molecule has 0 spiro atoms. The Hall–Kier alpha value is -0.640. The lowest BCUT2D eigenvalue weighted by Gasteiger charge is -2.04. The first-order valence-corrected chi connectivity index (χ1v) is 5.74. The van der Waals surface area contributed by atoms with Crippen LogP contribution in [-0.2, 0) is 4.79 Å². The number of halogens is 2. The molecule has 0 aromatic heterocycles. The van der Waals surface area contributed by atoms with Crippen LogP contribution in [0.15, 0.2) is 35.2 Å². The van der Waals surface area contributed by atoms with Crippen molar-refractivity contribution in [1.82, 2.24) is 0 Å². The van der Waals surface area contributed by atoms with Crippen LogP contribution in [0.5, 0.6) is 0 Å². The minimum absolute atomic E-state index is 0.135. The SMILES string of the molecule is C=C(CSc1cc(Cl)ccc1Cl)C(=O)O. The normalized spacial score (nSPS) is 10.0. The highest BCUT2D eigenvalue weighted by Crippen LogP contribution is 2.30. The van der Waals surface area contributed by atoms with E-state index in [1.165, 1.54) is 11.8 Å². The molecule has 1 aromatic rings. The fourth-order valence-corrected chi connectivity index (χ4v) is 2.20. The first kappa shape index (κ1) is 12.4. The third-order valence-electron chi connectivity index (χ3n) is 1.60. The average Bonchev–Trinajstić information content (AvgIpc) is 2.18. The zero-order valence-electron chi connectivity index (χ0n) is 7.67. The average molecular weight is 263 g/mol. The van der Waals surface area contributed by atoms with Crippen LogP contribution in [0.3, 0.4) is 0 Å². The van der Waals surface area contributed by atoms with Gasteiger partial charge in [-0.3, -0.25) is 0 Å². The maximum Gasteiger partial charge on any atom is 0.331 e. The summed E-state index contributed by atoms with van der Waals surface area (Å²) in [6, 6.07) is 5.05. The van der Waals surface area contributed by atoms with Gasteiger partial charge in [0, 0.05) is 21.2 Å². The molecular weight excluding hydrogens is 255 g/mol. The van der Waals surface area contributed by atoms with Crippen molar-refractivity contribution < 1.29 is 9.90 Å². The molecule has 0 radical (unpaired) electrons. The summed E-state index contributed by atoms with van der Waals surface area (Å²) < 4.78 is 0. The van der Waals surface area contributed by atoms with Gasteiger partial charge >= 0.3 is 5.97 Å². The van der Waals surface area contributed by atoms with Crippen LogP contribution in [0, 0.1) is 0 Å². The topological polar surface area (TPSA) is 37.3 Å². The van der Waals surface area contributed by atoms with Gasteiger partial charge in [0.2, 0.25) is 0 Å². The van der Waals surface area contributed by atoms with Crippen molar-refractivity contribution in [2.75, 3.05) is 5.75 Å². The van der Waals surface area contributed by atoms with Crippen molar-refractivity contribution >= 4 is 40.9 Å². The maximum atomic E-state index is 10.5. The van der Waals surface area contributed by atoms with Crippen molar-refractivity contribution in [3.8, 4) is 0 Å². The Kier molecular flexibility index (Phi) is 4.51. The fourth-order valence-electron chi connectivity index (χ4n) is 0.814. The van der Waals surface area contributed by atoms with Gasteiger partial charge in [-0.15, -0.1) is 11.8 Å². The maximum absolute atomic E-state index is 10.5. The summed E-state index contributed by atoms with van der Waals surface area (Å²) in [4.78, 5) is 11.3. The molecule has 2 nitrogen and oxygen atoms in total. The van der Waals surface area contributed by atoms with Crippen molar-refractivity contribution in [2.45, 2.75) is 4.90 Å². The smallest absolute Gasteiger partial charge is 0.331 e. The molecule has 0 bridgehead atoms. The Morgan fingerprint density at radius 1 is 1.47 bits per heavy atom. The highest BCUT2D eigenvalue weighted by atomic mass is 35.5. The van der Waals surface area contributed by atoms with Crippen LogP contribution >= 0.6 is 35.0 Å². The van der Waals surface area contributed by atoms with Gasteiger partial charge in [-0.05, 0) is 18.2 Å². The second kappa shape index (κ2) is 5.45. The lowest BCUT2D eigenvalue weighted by atomic mass is 10.4. The van der Waals surface area contributed by atoms with E-state index in [4.69, 9.17) is 28.3 Å². The van der Waals surface area contributed by atoms with E-state index in [-0.39, 0.29) is 11.3 Å².